The van der Waals surface area contributed by atoms with Crippen LogP contribution in [0.2, 0.25) is 15.1 Å². The summed E-state index contributed by atoms with van der Waals surface area (Å²) in [6.07, 6.45) is 3.33. The van der Waals surface area contributed by atoms with Crippen molar-refractivity contribution in [2.75, 3.05) is 13.2 Å². The van der Waals surface area contributed by atoms with Crippen LogP contribution in [-0.2, 0) is 4.74 Å². The number of rotatable bonds is 3. The quantitative estimate of drug-likeness (QED) is 0.934. The SMILES string of the molecule is O=C(NCC1CCCO1)c1ncc(Cl)c(Cl)c1Cl. The zero-order chi connectivity index (χ0) is 13.1. The van der Waals surface area contributed by atoms with Crippen molar-refractivity contribution in [2.24, 2.45) is 0 Å². The summed E-state index contributed by atoms with van der Waals surface area (Å²) in [6, 6.07) is 0. The fourth-order valence-corrected chi connectivity index (χ4v) is 2.26. The largest absolute Gasteiger partial charge is 0.376 e. The summed E-state index contributed by atoms with van der Waals surface area (Å²) in [6.45, 7) is 1.18. The van der Waals surface area contributed by atoms with Crippen molar-refractivity contribution in [1.29, 1.82) is 0 Å². The molecule has 1 aliphatic heterocycles. The highest BCUT2D eigenvalue weighted by atomic mass is 35.5. The minimum absolute atomic E-state index is 0.0639. The highest BCUT2D eigenvalue weighted by Gasteiger charge is 2.20. The van der Waals surface area contributed by atoms with E-state index in [1.807, 2.05) is 0 Å². The van der Waals surface area contributed by atoms with Crippen LogP contribution in [0.25, 0.3) is 0 Å². The summed E-state index contributed by atoms with van der Waals surface area (Å²) in [5.41, 5.74) is 0.0732. The molecule has 4 nitrogen and oxygen atoms in total. The maximum Gasteiger partial charge on any atom is 0.271 e. The Bertz CT molecular complexity index is 462. The second kappa shape index (κ2) is 6.06. The molecule has 1 aromatic rings. The summed E-state index contributed by atoms with van der Waals surface area (Å²) in [5.74, 6) is -0.380. The molecule has 98 valence electrons. The van der Waals surface area contributed by atoms with Gasteiger partial charge in [0.25, 0.3) is 5.91 Å². The molecule has 1 aromatic heterocycles. The Morgan fingerprint density at radius 3 is 2.89 bits per heavy atom. The number of nitrogens with zero attached hydrogens (tertiary/aromatic N) is 1. The third-order valence-electron chi connectivity index (χ3n) is 2.65. The molecule has 2 heterocycles. The number of hydrogen-bond acceptors (Lipinski definition) is 3. The zero-order valence-electron chi connectivity index (χ0n) is 9.38. The number of hydrogen-bond donors (Lipinski definition) is 1. The van der Waals surface area contributed by atoms with Crippen LogP contribution in [0.4, 0.5) is 0 Å². The molecule has 0 saturated carbocycles. The van der Waals surface area contributed by atoms with Gasteiger partial charge in [-0.2, -0.15) is 0 Å². The Balaban J connectivity index is 2.02. The maximum atomic E-state index is 11.9. The Morgan fingerprint density at radius 2 is 2.22 bits per heavy atom. The molecule has 7 heteroatoms. The van der Waals surface area contributed by atoms with Crippen LogP contribution in [0.15, 0.2) is 6.20 Å². The van der Waals surface area contributed by atoms with Gasteiger partial charge in [-0.1, -0.05) is 34.8 Å². The van der Waals surface area contributed by atoms with Crippen LogP contribution < -0.4 is 5.32 Å². The summed E-state index contributed by atoms with van der Waals surface area (Å²) >= 11 is 17.5. The molecule has 1 unspecified atom stereocenters. The number of halogens is 3. The average molecular weight is 310 g/mol. The Hall–Kier alpha value is -0.550. The van der Waals surface area contributed by atoms with E-state index in [-0.39, 0.29) is 32.8 Å². The lowest BCUT2D eigenvalue weighted by Gasteiger charge is -2.11. The molecule has 18 heavy (non-hydrogen) atoms. The topological polar surface area (TPSA) is 51.2 Å². The smallest absolute Gasteiger partial charge is 0.271 e. The molecule has 1 N–H and O–H groups in total. The lowest BCUT2D eigenvalue weighted by molar-refractivity contribution is 0.0854. The molecule has 1 aliphatic rings. The van der Waals surface area contributed by atoms with Crippen LogP contribution in [0.3, 0.4) is 0 Å². The first kappa shape index (κ1) is 13.9. The highest BCUT2D eigenvalue weighted by Crippen LogP contribution is 2.30. The van der Waals surface area contributed by atoms with Crippen LogP contribution in [0.1, 0.15) is 23.3 Å². The standard InChI is InChI=1S/C11H11Cl3N2O2/c12-7-5-15-10(9(14)8(7)13)11(17)16-4-6-2-1-3-18-6/h5-6H,1-4H2,(H,16,17). The monoisotopic (exact) mass is 308 g/mol. The van der Waals surface area contributed by atoms with Crippen LogP contribution in [0, 0.1) is 0 Å². The molecule has 1 saturated heterocycles. The van der Waals surface area contributed by atoms with E-state index in [2.05, 4.69) is 10.3 Å². The van der Waals surface area contributed by atoms with Gasteiger partial charge >= 0.3 is 0 Å². The molecule has 0 aliphatic carbocycles. The van der Waals surface area contributed by atoms with E-state index in [1.165, 1.54) is 6.20 Å². The molecule has 0 spiro atoms. The third-order valence-corrected chi connectivity index (χ3v) is 3.89. The first-order valence-corrected chi connectivity index (χ1v) is 6.62. The second-order valence-electron chi connectivity index (χ2n) is 3.93. The van der Waals surface area contributed by atoms with Crippen molar-refractivity contribution < 1.29 is 9.53 Å². The number of amides is 1. The minimum atomic E-state index is -0.380. The van der Waals surface area contributed by atoms with Gasteiger partial charge in [-0.05, 0) is 12.8 Å². The normalized spacial score (nSPS) is 18.9. The Morgan fingerprint density at radius 1 is 1.44 bits per heavy atom. The van der Waals surface area contributed by atoms with Gasteiger partial charge in [0.2, 0.25) is 0 Å². The van der Waals surface area contributed by atoms with Crippen molar-refractivity contribution >= 4 is 40.7 Å². The molecule has 0 radical (unpaired) electrons. The molecular formula is C11H11Cl3N2O2. The fourth-order valence-electron chi connectivity index (χ4n) is 1.70. The van der Waals surface area contributed by atoms with Crippen molar-refractivity contribution in [1.82, 2.24) is 10.3 Å². The van der Waals surface area contributed by atoms with Crippen LogP contribution >= 0.6 is 34.8 Å². The van der Waals surface area contributed by atoms with E-state index in [0.717, 1.165) is 19.4 Å². The fraction of sp³-hybridized carbons (Fsp3) is 0.455. The summed E-state index contributed by atoms with van der Waals surface area (Å²) < 4.78 is 5.40. The van der Waals surface area contributed by atoms with Crippen LogP contribution in [0.5, 0.6) is 0 Å². The Labute approximate surface area is 120 Å². The third kappa shape index (κ3) is 3.06. The number of nitrogens with one attached hydrogen (secondary N) is 1. The predicted octanol–water partition coefficient (Wildman–Crippen LogP) is 2.95. The summed E-state index contributed by atoms with van der Waals surface area (Å²) in [5, 5.41) is 3.13. The van der Waals surface area contributed by atoms with Gasteiger partial charge in [0.15, 0.2) is 0 Å². The first-order chi connectivity index (χ1) is 8.59. The average Bonchev–Trinajstić information content (AvgIpc) is 2.86. The molecule has 1 fully saturated rings. The molecule has 1 atom stereocenters. The number of pyridine rings is 1. The second-order valence-corrected chi connectivity index (χ2v) is 5.09. The maximum absolute atomic E-state index is 11.9. The summed E-state index contributed by atoms with van der Waals surface area (Å²) in [7, 11) is 0. The number of ether oxygens (including phenoxy) is 1. The van der Waals surface area contributed by atoms with Gasteiger partial charge in [-0.3, -0.25) is 4.79 Å². The van der Waals surface area contributed by atoms with Gasteiger partial charge in [-0.25, -0.2) is 4.98 Å². The number of carbonyl (C=O) groups is 1. The van der Waals surface area contributed by atoms with Crippen molar-refractivity contribution in [3.8, 4) is 0 Å². The van der Waals surface area contributed by atoms with Crippen molar-refractivity contribution in [3.05, 3.63) is 27.0 Å². The summed E-state index contributed by atoms with van der Waals surface area (Å²) in [4.78, 5) is 15.8. The van der Waals surface area contributed by atoms with Gasteiger partial charge < -0.3 is 10.1 Å². The van der Waals surface area contributed by atoms with Gasteiger partial charge in [0.1, 0.15) is 5.69 Å². The number of aromatic nitrogens is 1. The molecule has 0 bridgehead atoms. The van der Waals surface area contributed by atoms with Gasteiger partial charge in [0, 0.05) is 19.3 Å². The molecule has 0 aromatic carbocycles. The number of carbonyl (C=O) groups excluding carboxylic acids is 1. The molecule has 2 rings (SSSR count). The molecule has 1 amide bonds. The van der Waals surface area contributed by atoms with E-state index in [4.69, 9.17) is 39.5 Å². The Kier molecular flexibility index (Phi) is 4.67. The molecular weight excluding hydrogens is 298 g/mol. The van der Waals surface area contributed by atoms with E-state index in [9.17, 15) is 4.79 Å². The van der Waals surface area contributed by atoms with E-state index in [0.29, 0.717) is 6.54 Å². The van der Waals surface area contributed by atoms with E-state index < -0.39 is 0 Å². The van der Waals surface area contributed by atoms with Crippen molar-refractivity contribution in [2.45, 2.75) is 18.9 Å². The lowest BCUT2D eigenvalue weighted by Crippen LogP contribution is -2.32. The van der Waals surface area contributed by atoms with E-state index >= 15 is 0 Å². The lowest BCUT2D eigenvalue weighted by atomic mass is 10.2. The minimum Gasteiger partial charge on any atom is -0.376 e. The predicted molar refractivity (Wildman–Crippen MR) is 70.6 cm³/mol. The van der Waals surface area contributed by atoms with Crippen molar-refractivity contribution in [3.63, 3.8) is 0 Å². The van der Waals surface area contributed by atoms with E-state index in [1.54, 1.807) is 0 Å². The van der Waals surface area contributed by atoms with Crippen LogP contribution in [-0.4, -0.2) is 30.1 Å². The first-order valence-electron chi connectivity index (χ1n) is 5.49. The highest BCUT2D eigenvalue weighted by molar-refractivity contribution is 6.48. The van der Waals surface area contributed by atoms with Gasteiger partial charge in [0.05, 0.1) is 21.2 Å². The van der Waals surface area contributed by atoms with Gasteiger partial charge in [-0.15, -0.1) is 0 Å². The zero-order valence-corrected chi connectivity index (χ0v) is 11.6.